The predicted molar refractivity (Wildman–Crippen MR) is 98.3 cm³/mol. The number of carbonyl (C=O) groups excluding carboxylic acids is 2. The number of rotatable bonds is 8. The molecule has 1 N–H and O–H groups in total. The van der Waals surface area contributed by atoms with Gasteiger partial charge in [0.05, 0.1) is 11.3 Å². The Morgan fingerprint density at radius 1 is 1.19 bits per heavy atom. The second-order valence-electron chi connectivity index (χ2n) is 5.63. The van der Waals surface area contributed by atoms with Crippen LogP contribution in [0.15, 0.2) is 61.2 Å². The number of anilines is 1. The van der Waals surface area contributed by atoms with Crippen LogP contribution in [0.1, 0.15) is 15.9 Å². The highest BCUT2D eigenvalue weighted by atomic mass is 19.1. The lowest BCUT2D eigenvalue weighted by Gasteiger charge is -2.23. The molecule has 0 saturated heterocycles. The van der Waals surface area contributed by atoms with Gasteiger partial charge in [-0.1, -0.05) is 30.3 Å². The highest BCUT2D eigenvalue weighted by molar-refractivity contribution is 6.04. The number of carbonyl (C=O) groups is 2. The van der Waals surface area contributed by atoms with E-state index >= 15 is 0 Å². The van der Waals surface area contributed by atoms with Crippen LogP contribution in [0.5, 0.6) is 0 Å². The second-order valence-corrected chi connectivity index (χ2v) is 5.63. The van der Waals surface area contributed by atoms with Crippen molar-refractivity contribution in [1.82, 2.24) is 4.90 Å². The van der Waals surface area contributed by atoms with Crippen LogP contribution < -0.4 is 5.32 Å². The Labute approximate surface area is 152 Å². The molecule has 0 aliphatic heterocycles. The number of para-hydroxylation sites is 1. The monoisotopic (exact) mass is 356 g/mol. The molecule has 0 aromatic heterocycles. The Kier molecular flexibility index (Phi) is 7.05. The standard InChI is InChI=1S/C20H21FN2O3/c1-3-12-23(13-15-8-10-16(21)11-9-15)20(25)17-6-4-5-7-18(17)22-19(24)14-26-2/h3-11H,1,12-14H2,2H3,(H,22,24). The van der Waals surface area contributed by atoms with Gasteiger partial charge in [0.15, 0.2) is 0 Å². The van der Waals surface area contributed by atoms with Gasteiger partial charge in [0, 0.05) is 20.2 Å². The summed E-state index contributed by atoms with van der Waals surface area (Å²) in [7, 11) is 1.42. The number of ether oxygens (including phenoxy) is 1. The molecule has 0 aliphatic rings. The smallest absolute Gasteiger partial charge is 0.256 e. The summed E-state index contributed by atoms with van der Waals surface area (Å²) in [6, 6.07) is 12.7. The molecule has 0 atom stereocenters. The van der Waals surface area contributed by atoms with E-state index in [-0.39, 0.29) is 24.2 Å². The molecule has 0 unspecified atom stereocenters. The molecule has 2 aromatic carbocycles. The normalized spacial score (nSPS) is 10.2. The highest BCUT2D eigenvalue weighted by Crippen LogP contribution is 2.19. The summed E-state index contributed by atoms with van der Waals surface area (Å²) >= 11 is 0. The van der Waals surface area contributed by atoms with Gasteiger partial charge in [-0.05, 0) is 29.8 Å². The highest BCUT2D eigenvalue weighted by Gasteiger charge is 2.19. The third-order valence-electron chi connectivity index (χ3n) is 3.63. The number of methoxy groups -OCH3 is 1. The third-order valence-corrected chi connectivity index (χ3v) is 3.63. The number of benzene rings is 2. The van der Waals surface area contributed by atoms with Gasteiger partial charge in [-0.3, -0.25) is 9.59 Å². The molecule has 0 bridgehead atoms. The van der Waals surface area contributed by atoms with Crippen molar-refractivity contribution in [1.29, 1.82) is 0 Å². The zero-order valence-corrected chi connectivity index (χ0v) is 14.6. The molecular formula is C20H21FN2O3. The first kappa shape index (κ1) is 19.3. The van der Waals surface area contributed by atoms with Crippen LogP contribution in [0.2, 0.25) is 0 Å². The summed E-state index contributed by atoms with van der Waals surface area (Å²) in [5.41, 5.74) is 1.57. The molecule has 6 heteroatoms. The topological polar surface area (TPSA) is 58.6 Å². The maximum absolute atomic E-state index is 13.1. The lowest BCUT2D eigenvalue weighted by atomic mass is 10.1. The van der Waals surface area contributed by atoms with Gasteiger partial charge in [-0.25, -0.2) is 4.39 Å². The molecule has 0 aliphatic carbocycles. The Morgan fingerprint density at radius 2 is 1.88 bits per heavy atom. The first-order valence-electron chi connectivity index (χ1n) is 8.07. The zero-order chi connectivity index (χ0) is 18.9. The Hall–Kier alpha value is -2.99. The summed E-state index contributed by atoms with van der Waals surface area (Å²) in [5, 5.41) is 2.67. The minimum Gasteiger partial charge on any atom is -0.375 e. The molecule has 2 rings (SSSR count). The lowest BCUT2D eigenvalue weighted by molar-refractivity contribution is -0.119. The molecule has 136 valence electrons. The number of nitrogens with one attached hydrogen (secondary N) is 1. The molecule has 0 heterocycles. The van der Waals surface area contributed by atoms with Crippen molar-refractivity contribution < 1.29 is 18.7 Å². The van der Waals surface area contributed by atoms with Crippen LogP contribution in [-0.4, -0.2) is 37.0 Å². The number of nitrogens with zero attached hydrogens (tertiary/aromatic N) is 1. The molecule has 2 aromatic rings. The molecule has 26 heavy (non-hydrogen) atoms. The molecule has 2 amide bonds. The van der Waals surface area contributed by atoms with Gasteiger partial charge < -0.3 is 15.0 Å². The first-order valence-corrected chi connectivity index (χ1v) is 8.07. The number of halogens is 1. The quantitative estimate of drug-likeness (QED) is 0.739. The fourth-order valence-electron chi connectivity index (χ4n) is 2.45. The van der Waals surface area contributed by atoms with E-state index in [4.69, 9.17) is 4.74 Å². The molecular weight excluding hydrogens is 335 g/mol. The van der Waals surface area contributed by atoms with Crippen LogP contribution in [0.3, 0.4) is 0 Å². The van der Waals surface area contributed by atoms with E-state index in [1.54, 1.807) is 47.4 Å². The van der Waals surface area contributed by atoms with Crippen molar-refractivity contribution in [2.24, 2.45) is 0 Å². The van der Waals surface area contributed by atoms with Crippen LogP contribution in [0, 0.1) is 5.82 Å². The molecule has 5 nitrogen and oxygen atoms in total. The maximum Gasteiger partial charge on any atom is 0.256 e. The summed E-state index contributed by atoms with van der Waals surface area (Å²) in [6.45, 7) is 4.20. The number of amides is 2. The Bertz CT molecular complexity index is 775. The minimum absolute atomic E-state index is 0.103. The summed E-state index contributed by atoms with van der Waals surface area (Å²) in [4.78, 5) is 26.4. The fraction of sp³-hybridized carbons (Fsp3) is 0.200. The molecule has 0 saturated carbocycles. The first-order chi connectivity index (χ1) is 12.5. The van der Waals surface area contributed by atoms with Gasteiger partial charge in [0.1, 0.15) is 12.4 Å². The molecule has 0 fully saturated rings. The minimum atomic E-state index is -0.346. The summed E-state index contributed by atoms with van der Waals surface area (Å²) < 4.78 is 17.9. The molecule has 0 radical (unpaired) electrons. The summed E-state index contributed by atoms with van der Waals surface area (Å²) in [6.07, 6.45) is 1.62. The second kappa shape index (κ2) is 9.48. The maximum atomic E-state index is 13.1. The van der Waals surface area contributed by atoms with E-state index in [1.165, 1.54) is 19.2 Å². The van der Waals surface area contributed by atoms with Crippen LogP contribution in [0.25, 0.3) is 0 Å². The van der Waals surface area contributed by atoms with Crippen LogP contribution in [-0.2, 0) is 16.1 Å². The van der Waals surface area contributed by atoms with E-state index in [0.717, 1.165) is 5.56 Å². The Balaban J connectivity index is 2.24. The third kappa shape index (κ3) is 5.26. The van der Waals surface area contributed by atoms with Crippen LogP contribution in [0.4, 0.5) is 10.1 Å². The van der Waals surface area contributed by atoms with Crippen molar-refractivity contribution in [3.8, 4) is 0 Å². The van der Waals surface area contributed by atoms with Crippen molar-refractivity contribution in [3.63, 3.8) is 0 Å². The van der Waals surface area contributed by atoms with Gasteiger partial charge in [0.2, 0.25) is 5.91 Å². The fourth-order valence-corrected chi connectivity index (χ4v) is 2.45. The number of hydrogen-bond acceptors (Lipinski definition) is 3. The van der Waals surface area contributed by atoms with Crippen molar-refractivity contribution >= 4 is 17.5 Å². The van der Waals surface area contributed by atoms with Gasteiger partial charge >= 0.3 is 0 Å². The van der Waals surface area contributed by atoms with E-state index in [1.807, 2.05) is 0 Å². The van der Waals surface area contributed by atoms with Crippen molar-refractivity contribution in [3.05, 3.63) is 78.1 Å². The van der Waals surface area contributed by atoms with Crippen molar-refractivity contribution in [2.75, 3.05) is 25.6 Å². The zero-order valence-electron chi connectivity index (χ0n) is 14.6. The SMILES string of the molecule is C=CCN(Cc1ccc(F)cc1)C(=O)c1ccccc1NC(=O)COC. The van der Waals surface area contributed by atoms with E-state index < -0.39 is 0 Å². The van der Waals surface area contributed by atoms with Crippen molar-refractivity contribution in [2.45, 2.75) is 6.54 Å². The van der Waals surface area contributed by atoms with Crippen LogP contribution >= 0.6 is 0 Å². The number of hydrogen-bond donors (Lipinski definition) is 1. The average molecular weight is 356 g/mol. The van der Waals surface area contributed by atoms with Gasteiger partial charge in [-0.2, -0.15) is 0 Å². The van der Waals surface area contributed by atoms with Gasteiger partial charge in [0.25, 0.3) is 5.91 Å². The van der Waals surface area contributed by atoms with E-state index in [9.17, 15) is 14.0 Å². The van der Waals surface area contributed by atoms with E-state index in [0.29, 0.717) is 24.3 Å². The largest absolute Gasteiger partial charge is 0.375 e. The molecule has 0 spiro atoms. The van der Waals surface area contributed by atoms with E-state index in [2.05, 4.69) is 11.9 Å². The average Bonchev–Trinajstić information content (AvgIpc) is 2.63. The Morgan fingerprint density at radius 3 is 2.54 bits per heavy atom. The summed E-state index contributed by atoms with van der Waals surface area (Å²) in [5.74, 6) is -0.939. The lowest BCUT2D eigenvalue weighted by Crippen LogP contribution is -2.31. The predicted octanol–water partition coefficient (Wildman–Crippen LogP) is 3.24. The van der Waals surface area contributed by atoms with Gasteiger partial charge in [-0.15, -0.1) is 6.58 Å².